The predicted molar refractivity (Wildman–Crippen MR) is 85.9 cm³/mol. The number of hydrogen-bond acceptors (Lipinski definition) is 5. The Labute approximate surface area is 128 Å². The molecule has 3 rings (SSSR count). The number of esters is 1. The van der Waals surface area contributed by atoms with Crippen LogP contribution in [0, 0.1) is 0 Å². The van der Waals surface area contributed by atoms with Crippen LogP contribution in [0.15, 0.2) is 65.3 Å². The zero-order valence-electron chi connectivity index (χ0n) is 11.8. The molecule has 0 unspecified atom stereocenters. The van der Waals surface area contributed by atoms with E-state index in [1.165, 1.54) is 0 Å². The van der Waals surface area contributed by atoms with Gasteiger partial charge in [0.15, 0.2) is 5.84 Å². The van der Waals surface area contributed by atoms with Gasteiger partial charge in [-0.15, -0.1) is 0 Å². The molecule has 0 bridgehead atoms. The molecule has 1 aliphatic rings. The number of amidine groups is 1. The standard InChI is InChI=1S/C17H15N3O2/c18-16-14(10-13-8-4-5-9-15(13)19-20-16)17(21)22-11-12-6-2-1-3-7-12/h1-10,19H,11H2,(H2,18,20). The van der Waals surface area contributed by atoms with Crippen LogP contribution in [0.4, 0.5) is 5.69 Å². The number of rotatable bonds is 3. The molecule has 2 aromatic rings. The van der Waals surface area contributed by atoms with E-state index in [1.807, 2.05) is 54.6 Å². The van der Waals surface area contributed by atoms with Gasteiger partial charge >= 0.3 is 5.97 Å². The van der Waals surface area contributed by atoms with Gasteiger partial charge in [0, 0.05) is 5.56 Å². The van der Waals surface area contributed by atoms with Gasteiger partial charge in [0.1, 0.15) is 12.2 Å². The highest BCUT2D eigenvalue weighted by Gasteiger charge is 2.19. The molecule has 5 nitrogen and oxygen atoms in total. The third kappa shape index (κ3) is 2.98. The molecular weight excluding hydrogens is 278 g/mol. The molecule has 0 saturated carbocycles. The van der Waals surface area contributed by atoms with E-state index in [0.29, 0.717) is 0 Å². The molecule has 22 heavy (non-hydrogen) atoms. The molecule has 0 saturated heterocycles. The summed E-state index contributed by atoms with van der Waals surface area (Å²) in [5, 5.41) is 4.00. The minimum absolute atomic E-state index is 0.106. The van der Waals surface area contributed by atoms with Crippen LogP contribution < -0.4 is 11.2 Å². The number of nitrogens with one attached hydrogen (secondary N) is 1. The van der Waals surface area contributed by atoms with E-state index in [4.69, 9.17) is 10.5 Å². The van der Waals surface area contributed by atoms with E-state index in [-0.39, 0.29) is 18.0 Å². The molecule has 1 aliphatic heterocycles. The number of carbonyl (C=O) groups is 1. The van der Waals surface area contributed by atoms with Crippen LogP contribution in [-0.4, -0.2) is 11.8 Å². The van der Waals surface area contributed by atoms with Crippen molar-refractivity contribution in [1.82, 2.24) is 0 Å². The van der Waals surface area contributed by atoms with Gasteiger partial charge in [-0.05, 0) is 17.7 Å². The highest BCUT2D eigenvalue weighted by molar-refractivity contribution is 6.22. The minimum Gasteiger partial charge on any atom is -0.457 e. The fourth-order valence-electron chi connectivity index (χ4n) is 2.10. The number of para-hydroxylation sites is 1. The minimum atomic E-state index is -0.497. The Kier molecular flexibility index (Phi) is 3.87. The lowest BCUT2D eigenvalue weighted by molar-refractivity contribution is -0.139. The largest absolute Gasteiger partial charge is 0.457 e. The maximum absolute atomic E-state index is 12.3. The predicted octanol–water partition coefficient (Wildman–Crippen LogP) is 2.51. The summed E-state index contributed by atoms with van der Waals surface area (Å²) in [6.45, 7) is 0.194. The van der Waals surface area contributed by atoms with E-state index in [9.17, 15) is 4.79 Å². The number of nitrogens with two attached hydrogens (primary N) is 1. The molecule has 0 aromatic heterocycles. The Balaban J connectivity index is 1.80. The SMILES string of the molecule is NC1=NNc2ccccc2C=C1C(=O)OCc1ccccc1. The summed E-state index contributed by atoms with van der Waals surface area (Å²) in [6.07, 6.45) is 1.68. The van der Waals surface area contributed by atoms with Crippen LogP contribution in [0.25, 0.3) is 6.08 Å². The fourth-order valence-corrected chi connectivity index (χ4v) is 2.10. The van der Waals surface area contributed by atoms with Crippen LogP contribution >= 0.6 is 0 Å². The molecule has 0 radical (unpaired) electrons. The highest BCUT2D eigenvalue weighted by Crippen LogP contribution is 2.21. The van der Waals surface area contributed by atoms with Crippen molar-refractivity contribution in [3.05, 3.63) is 71.3 Å². The topological polar surface area (TPSA) is 76.7 Å². The molecular formula is C17H15N3O2. The summed E-state index contributed by atoms with van der Waals surface area (Å²) in [5.41, 5.74) is 11.5. The van der Waals surface area contributed by atoms with Crippen molar-refractivity contribution in [2.24, 2.45) is 10.8 Å². The summed E-state index contributed by atoms with van der Waals surface area (Å²) in [7, 11) is 0. The quantitative estimate of drug-likeness (QED) is 0.852. The fraction of sp³-hybridized carbons (Fsp3) is 0.0588. The number of fused-ring (bicyclic) bond motifs is 1. The zero-order valence-corrected chi connectivity index (χ0v) is 11.8. The number of benzene rings is 2. The van der Waals surface area contributed by atoms with Gasteiger partial charge in [-0.3, -0.25) is 5.43 Å². The molecule has 0 amide bonds. The molecule has 5 heteroatoms. The van der Waals surface area contributed by atoms with Crippen LogP contribution in [-0.2, 0) is 16.1 Å². The second-order valence-electron chi connectivity index (χ2n) is 4.82. The third-order valence-corrected chi connectivity index (χ3v) is 3.27. The molecule has 110 valence electrons. The summed E-state index contributed by atoms with van der Waals surface area (Å²) >= 11 is 0. The second-order valence-corrected chi connectivity index (χ2v) is 4.82. The van der Waals surface area contributed by atoms with Crippen molar-refractivity contribution in [2.75, 3.05) is 5.43 Å². The lowest BCUT2D eigenvalue weighted by atomic mass is 10.1. The van der Waals surface area contributed by atoms with Gasteiger partial charge in [-0.1, -0.05) is 48.5 Å². The van der Waals surface area contributed by atoms with E-state index >= 15 is 0 Å². The van der Waals surface area contributed by atoms with Crippen LogP contribution in [0.2, 0.25) is 0 Å². The monoisotopic (exact) mass is 293 g/mol. The van der Waals surface area contributed by atoms with Crippen molar-refractivity contribution in [3.63, 3.8) is 0 Å². The molecule has 1 heterocycles. The summed E-state index contributed by atoms with van der Waals surface area (Å²) in [4.78, 5) is 12.3. The first-order chi connectivity index (χ1) is 10.7. The van der Waals surface area contributed by atoms with E-state index < -0.39 is 5.97 Å². The summed E-state index contributed by atoms with van der Waals surface area (Å²) in [6, 6.07) is 17.0. The van der Waals surface area contributed by atoms with Crippen molar-refractivity contribution in [1.29, 1.82) is 0 Å². The normalized spacial score (nSPS) is 13.1. The number of carbonyl (C=O) groups excluding carboxylic acids is 1. The maximum Gasteiger partial charge on any atom is 0.342 e. The van der Waals surface area contributed by atoms with Gasteiger partial charge in [0.2, 0.25) is 0 Å². The van der Waals surface area contributed by atoms with Gasteiger partial charge < -0.3 is 10.5 Å². The van der Waals surface area contributed by atoms with E-state index in [1.54, 1.807) is 6.08 Å². The second kappa shape index (κ2) is 6.13. The number of hydrogen-bond donors (Lipinski definition) is 2. The number of nitrogens with zero attached hydrogens (tertiary/aromatic N) is 1. The first-order valence-corrected chi connectivity index (χ1v) is 6.85. The lowest BCUT2D eigenvalue weighted by Gasteiger charge is -2.07. The Morgan fingerprint density at radius 3 is 2.64 bits per heavy atom. The van der Waals surface area contributed by atoms with Crippen LogP contribution in [0.5, 0.6) is 0 Å². The van der Waals surface area contributed by atoms with Crippen molar-refractivity contribution >= 4 is 23.6 Å². The Bertz CT molecular complexity index is 752. The molecule has 0 spiro atoms. The van der Waals surface area contributed by atoms with Crippen molar-refractivity contribution in [3.8, 4) is 0 Å². The first kappa shape index (κ1) is 13.9. The van der Waals surface area contributed by atoms with Gasteiger partial charge in [0.05, 0.1) is 5.69 Å². The lowest BCUT2D eigenvalue weighted by Crippen LogP contribution is -2.23. The molecule has 0 atom stereocenters. The number of hydrazone groups is 1. The highest BCUT2D eigenvalue weighted by atomic mass is 16.5. The summed E-state index contributed by atoms with van der Waals surface area (Å²) < 4.78 is 5.31. The third-order valence-electron chi connectivity index (χ3n) is 3.27. The Morgan fingerprint density at radius 2 is 1.82 bits per heavy atom. The summed E-state index contributed by atoms with van der Waals surface area (Å²) in [5.74, 6) is -0.391. The smallest absolute Gasteiger partial charge is 0.342 e. The number of ether oxygens (including phenoxy) is 1. The average Bonchev–Trinajstić information content (AvgIpc) is 2.73. The van der Waals surface area contributed by atoms with E-state index in [0.717, 1.165) is 16.8 Å². The number of anilines is 1. The Morgan fingerprint density at radius 1 is 1.09 bits per heavy atom. The van der Waals surface area contributed by atoms with Crippen LogP contribution in [0.1, 0.15) is 11.1 Å². The van der Waals surface area contributed by atoms with E-state index in [2.05, 4.69) is 10.5 Å². The van der Waals surface area contributed by atoms with Gasteiger partial charge in [-0.2, -0.15) is 5.10 Å². The van der Waals surface area contributed by atoms with Gasteiger partial charge in [-0.25, -0.2) is 4.79 Å². The zero-order chi connectivity index (χ0) is 15.4. The molecule has 2 aromatic carbocycles. The van der Waals surface area contributed by atoms with Gasteiger partial charge in [0.25, 0.3) is 0 Å². The van der Waals surface area contributed by atoms with Crippen LogP contribution in [0.3, 0.4) is 0 Å². The first-order valence-electron chi connectivity index (χ1n) is 6.85. The molecule has 3 N–H and O–H groups in total. The maximum atomic E-state index is 12.3. The molecule has 0 aliphatic carbocycles. The Hall–Kier alpha value is -3.08. The van der Waals surface area contributed by atoms with Crippen molar-refractivity contribution < 1.29 is 9.53 Å². The van der Waals surface area contributed by atoms with Crippen molar-refractivity contribution in [2.45, 2.75) is 6.61 Å². The molecule has 0 fully saturated rings. The average molecular weight is 293 g/mol.